The van der Waals surface area contributed by atoms with Gasteiger partial charge < -0.3 is 67.9 Å². The van der Waals surface area contributed by atoms with E-state index in [1.807, 2.05) is 24.3 Å². The van der Waals surface area contributed by atoms with Crippen molar-refractivity contribution in [2.24, 2.45) is 23.7 Å². The number of carbonyl (C=O) groups excluding carboxylic acids is 10. The molecule has 0 saturated heterocycles. The predicted octanol–water partition coefficient (Wildman–Crippen LogP) is 1.14. The second kappa shape index (κ2) is 31.9. The molecule has 0 saturated carbocycles. The number of H-pyrrole nitrogens is 2. The van der Waals surface area contributed by atoms with E-state index in [0.717, 1.165) is 29.3 Å². The average Bonchev–Trinajstić information content (AvgIpc) is 4.08. The van der Waals surface area contributed by atoms with Gasteiger partial charge in [-0.2, -0.15) is 0 Å². The van der Waals surface area contributed by atoms with Gasteiger partial charge in [0.25, 0.3) is 0 Å². The first-order valence-corrected chi connectivity index (χ1v) is 26.5. The molecule has 0 aliphatic heterocycles. The van der Waals surface area contributed by atoms with Crippen molar-refractivity contribution < 1.29 is 52.7 Å². The highest BCUT2D eigenvalue weighted by Crippen LogP contribution is 2.20. The van der Waals surface area contributed by atoms with Crippen molar-refractivity contribution in [1.29, 1.82) is 0 Å². The number of imidazole rings is 1. The largest absolute Gasteiger partial charge is 0.362 e. The molecule has 0 fully saturated rings. The van der Waals surface area contributed by atoms with E-state index in [1.165, 1.54) is 13.3 Å². The molecule has 0 spiro atoms. The monoisotopic (exact) mass is 1100 g/mol. The van der Waals surface area contributed by atoms with E-state index in [0.29, 0.717) is 35.3 Å². The first-order valence-electron chi connectivity index (χ1n) is 26.5. The number of carbonyl (C=O) groups is 10. The molecule has 12 N–H and O–H groups in total. The molecule has 4 atom stereocenters. The van der Waals surface area contributed by atoms with Crippen molar-refractivity contribution >= 4 is 75.7 Å². The molecule has 24 heteroatoms. The Kier molecular flexibility index (Phi) is 25.6. The highest BCUT2D eigenvalue weighted by Gasteiger charge is 2.31. The summed E-state index contributed by atoms with van der Waals surface area (Å²) in [5.74, 6) is -6.04. The Balaban J connectivity index is 1.27. The number of para-hydroxylation sites is 1. The van der Waals surface area contributed by atoms with E-state index >= 15 is 0 Å². The van der Waals surface area contributed by atoms with Crippen molar-refractivity contribution in [2.45, 2.75) is 125 Å². The summed E-state index contributed by atoms with van der Waals surface area (Å²) in [6.07, 6.45) is 6.28. The van der Waals surface area contributed by atoms with Crippen LogP contribution in [0.4, 0.5) is 5.69 Å². The number of anilines is 1. The van der Waals surface area contributed by atoms with Crippen molar-refractivity contribution in [2.75, 3.05) is 38.2 Å². The molecular weight excluding hydrogens is 1020 g/mol. The maximum atomic E-state index is 13.9. The third-order valence-corrected chi connectivity index (χ3v) is 12.2. The van der Waals surface area contributed by atoms with Crippen molar-refractivity contribution in [3.8, 4) is 0 Å². The lowest BCUT2D eigenvalue weighted by molar-refractivity contribution is -0.134. The predicted molar refractivity (Wildman–Crippen MR) is 295 cm³/mol. The van der Waals surface area contributed by atoms with E-state index in [4.69, 9.17) is 4.74 Å². The van der Waals surface area contributed by atoms with Gasteiger partial charge in [-0.1, -0.05) is 85.7 Å². The number of nitrogens with one attached hydrogen (secondary N) is 12. The van der Waals surface area contributed by atoms with Crippen molar-refractivity contribution in [3.63, 3.8) is 0 Å². The third-order valence-electron chi connectivity index (χ3n) is 12.2. The highest BCUT2D eigenvalue weighted by molar-refractivity contribution is 5.97. The van der Waals surface area contributed by atoms with Gasteiger partial charge in [-0.25, -0.2) is 4.98 Å². The smallest absolute Gasteiger partial charge is 0.250 e. The lowest BCUT2D eigenvalue weighted by Crippen LogP contribution is -2.58. The van der Waals surface area contributed by atoms with Gasteiger partial charge in [0.2, 0.25) is 59.1 Å². The summed E-state index contributed by atoms with van der Waals surface area (Å²) in [6, 6.07) is 9.34. The number of nitrogens with zero attached hydrogens (tertiary/aromatic N) is 1. The van der Waals surface area contributed by atoms with Gasteiger partial charge in [0.1, 0.15) is 37.4 Å². The number of hydrogen-bond donors (Lipinski definition) is 12. The van der Waals surface area contributed by atoms with E-state index in [9.17, 15) is 47.9 Å². The zero-order chi connectivity index (χ0) is 58.2. The summed E-state index contributed by atoms with van der Waals surface area (Å²) in [5.41, 5.74) is 3.36. The van der Waals surface area contributed by atoms with Gasteiger partial charge in [0.15, 0.2) is 0 Å². The van der Waals surface area contributed by atoms with Gasteiger partial charge >= 0.3 is 0 Å². The normalized spacial score (nSPS) is 12.8. The summed E-state index contributed by atoms with van der Waals surface area (Å²) in [5, 5.41) is 27.2. The lowest BCUT2D eigenvalue weighted by Gasteiger charge is -2.26. The number of benzene rings is 2. The second-order valence-corrected chi connectivity index (χ2v) is 20.9. The van der Waals surface area contributed by atoms with Crippen LogP contribution in [0.5, 0.6) is 0 Å². The molecule has 4 rings (SSSR count). The molecule has 430 valence electrons. The third kappa shape index (κ3) is 22.8. The summed E-state index contributed by atoms with van der Waals surface area (Å²) in [6.45, 7) is 14.3. The number of amides is 10. The summed E-state index contributed by atoms with van der Waals surface area (Å²) < 4.78 is 5.18. The van der Waals surface area contributed by atoms with E-state index in [1.54, 1.807) is 64.4 Å². The lowest BCUT2D eigenvalue weighted by atomic mass is 9.95. The number of aromatic amines is 2. The quantitative estimate of drug-likeness (QED) is 0.0328. The van der Waals surface area contributed by atoms with E-state index in [2.05, 4.69) is 95.8 Å². The number of rotatable bonds is 32. The SMILES string of the molecule is CC(C)CC(CC(C)C)NC(=O)[C@H](Cc1cnc[nH]1)NC(=O)CNC(=O)C(NC(=O)[C@H](C)NC(=O)[C@H](Cc1c[nH]c2ccccc12)NC(=O)CNC(=O)CNC(=O)COCC(=O)Nc1ccc(CNC(=O)C(C)C)cc1)C(C)C. The van der Waals surface area contributed by atoms with E-state index < -0.39 is 110 Å². The first-order chi connectivity index (χ1) is 37.5. The minimum absolute atomic E-state index is 0.0380. The Morgan fingerprint density at radius 3 is 1.77 bits per heavy atom. The fourth-order valence-electron chi connectivity index (χ4n) is 8.17. The fourth-order valence-corrected chi connectivity index (χ4v) is 8.17. The van der Waals surface area contributed by atoms with E-state index in [-0.39, 0.29) is 36.6 Å². The number of ether oxygens (including phenoxy) is 1. The Morgan fingerprint density at radius 2 is 1.15 bits per heavy atom. The maximum absolute atomic E-state index is 13.9. The van der Waals surface area contributed by atoms with Crippen LogP contribution in [0.3, 0.4) is 0 Å². The molecular formula is C55H79N13O11. The number of fused-ring (bicyclic) bond motifs is 1. The second-order valence-electron chi connectivity index (χ2n) is 20.9. The standard InChI is InChI=1S/C55H79N13O11/c1-31(2)18-39(19-32(3)4)65-54(77)44(21-40-24-56-30-62-40)67-47(71)27-61-55(78)50(33(5)6)68-52(75)35(9)63-53(76)43(20-37-23-57-42-13-11-10-12-41(37)42)66-46(70)26-58-45(69)25-59-48(72)28-79-29-49(73)64-38-16-14-36(15-17-38)22-60-51(74)34(7)8/h10-17,23-24,30-35,39,43-44,50,57H,18-22,25-29H2,1-9H3,(H,56,62)(H,58,69)(H,59,72)(H,60,74)(H,61,78)(H,63,76)(H,64,73)(H,65,77)(H,66,70)(H,67,71)(H,68,75)/t35-,43-,44-,50?/m0/s1. The minimum Gasteiger partial charge on any atom is -0.362 e. The van der Waals surface area contributed by atoms with Crippen LogP contribution >= 0.6 is 0 Å². The first kappa shape index (κ1) is 63.4. The van der Waals surface area contributed by atoms with Gasteiger partial charge in [-0.3, -0.25) is 47.9 Å². The summed E-state index contributed by atoms with van der Waals surface area (Å²) >= 11 is 0. The highest BCUT2D eigenvalue weighted by atomic mass is 16.5. The Bertz CT molecular complexity index is 2680. The van der Waals surface area contributed by atoms with Crippen molar-refractivity contribution in [3.05, 3.63) is 84.1 Å². The van der Waals surface area contributed by atoms with Crippen LogP contribution < -0.4 is 53.2 Å². The molecule has 0 aliphatic carbocycles. The summed E-state index contributed by atoms with van der Waals surface area (Å²) in [4.78, 5) is 141. The van der Waals surface area contributed by atoms with Crippen LogP contribution in [-0.4, -0.2) is 137 Å². The zero-order valence-electron chi connectivity index (χ0n) is 46.6. The van der Waals surface area contributed by atoms with Gasteiger partial charge in [-0.05, 0) is 66.8 Å². The van der Waals surface area contributed by atoms with Crippen LogP contribution in [0.25, 0.3) is 10.9 Å². The Labute approximate surface area is 460 Å². The molecule has 2 aromatic heterocycles. The fraction of sp³-hybridized carbons (Fsp3) is 0.509. The topological polar surface area (TPSA) is 345 Å². The minimum atomic E-state index is -1.27. The molecule has 1 unspecified atom stereocenters. The van der Waals surface area contributed by atoms with Gasteiger partial charge in [0.05, 0.1) is 26.0 Å². The van der Waals surface area contributed by atoms with Gasteiger partial charge in [0, 0.05) is 66.0 Å². The van der Waals surface area contributed by atoms with Crippen LogP contribution in [0.15, 0.2) is 67.3 Å². The molecule has 2 aromatic carbocycles. The number of hydrogen-bond acceptors (Lipinski definition) is 12. The molecule has 79 heavy (non-hydrogen) atoms. The zero-order valence-corrected chi connectivity index (χ0v) is 46.6. The molecule has 0 aliphatic rings. The average molecular weight is 1100 g/mol. The maximum Gasteiger partial charge on any atom is 0.250 e. The molecule has 2 heterocycles. The number of aromatic nitrogens is 3. The van der Waals surface area contributed by atoms with Crippen LogP contribution in [0.2, 0.25) is 0 Å². The van der Waals surface area contributed by atoms with Gasteiger partial charge in [-0.15, -0.1) is 0 Å². The van der Waals surface area contributed by atoms with Crippen LogP contribution in [-0.2, 0) is 72.1 Å². The van der Waals surface area contributed by atoms with Crippen molar-refractivity contribution in [1.82, 2.24) is 62.8 Å². The molecule has 10 amide bonds. The molecule has 24 nitrogen and oxygen atoms in total. The molecule has 0 radical (unpaired) electrons. The Hall–Kier alpha value is -8.15. The molecule has 0 bridgehead atoms. The summed E-state index contributed by atoms with van der Waals surface area (Å²) in [7, 11) is 0. The Morgan fingerprint density at radius 1 is 0.557 bits per heavy atom. The van der Waals surface area contributed by atoms with Crippen LogP contribution in [0, 0.1) is 23.7 Å². The van der Waals surface area contributed by atoms with Crippen LogP contribution in [0.1, 0.15) is 92.0 Å². The molecule has 4 aromatic rings.